The van der Waals surface area contributed by atoms with Gasteiger partial charge in [-0.2, -0.15) is 5.26 Å². The first-order chi connectivity index (χ1) is 9.76. The predicted octanol–water partition coefficient (Wildman–Crippen LogP) is 4.98. The molecular formula is C18H28N2. The second-order valence-electron chi connectivity index (χ2n) is 5.51. The summed E-state index contributed by atoms with van der Waals surface area (Å²) in [4.78, 5) is 4.86. The van der Waals surface area contributed by atoms with E-state index < -0.39 is 0 Å². The molecule has 0 saturated heterocycles. The lowest BCUT2D eigenvalue weighted by atomic mass is 9.96. The van der Waals surface area contributed by atoms with Crippen LogP contribution in [0.25, 0.3) is 0 Å². The van der Waals surface area contributed by atoms with Crippen molar-refractivity contribution in [2.24, 2.45) is 0 Å². The second-order valence-corrected chi connectivity index (χ2v) is 5.51. The average Bonchev–Trinajstić information content (AvgIpc) is 2.48. The van der Waals surface area contributed by atoms with Crippen LogP contribution >= 0.6 is 0 Å². The molecule has 0 aliphatic heterocycles. The van der Waals surface area contributed by atoms with E-state index in [1.807, 2.05) is 6.07 Å². The molecule has 0 atom stereocenters. The molecule has 0 aliphatic rings. The average molecular weight is 272 g/mol. The number of nitriles is 1. The molecule has 0 radical (unpaired) electrons. The number of hydrogen-bond donors (Lipinski definition) is 0. The van der Waals surface area contributed by atoms with Crippen molar-refractivity contribution in [2.45, 2.75) is 78.6 Å². The lowest BCUT2D eigenvalue weighted by Gasteiger charge is -2.13. The van der Waals surface area contributed by atoms with E-state index in [1.54, 1.807) is 0 Å². The monoisotopic (exact) mass is 272 g/mol. The lowest BCUT2D eigenvalue weighted by Crippen LogP contribution is -2.06. The molecule has 2 nitrogen and oxygen atoms in total. The van der Waals surface area contributed by atoms with E-state index in [2.05, 4.69) is 26.8 Å². The summed E-state index contributed by atoms with van der Waals surface area (Å²) in [6, 6.07) is 4.42. The number of pyridine rings is 1. The van der Waals surface area contributed by atoms with Crippen molar-refractivity contribution in [3.63, 3.8) is 0 Å². The quantitative estimate of drug-likeness (QED) is 0.635. The summed E-state index contributed by atoms with van der Waals surface area (Å²) < 4.78 is 0. The molecule has 0 amide bonds. The Bertz CT molecular complexity index is 443. The third-order valence-corrected chi connectivity index (χ3v) is 3.72. The van der Waals surface area contributed by atoms with Gasteiger partial charge in [-0.25, -0.2) is 0 Å². The molecule has 0 fully saturated rings. The van der Waals surface area contributed by atoms with Gasteiger partial charge in [-0.05, 0) is 50.2 Å². The van der Waals surface area contributed by atoms with E-state index in [-0.39, 0.29) is 0 Å². The summed E-state index contributed by atoms with van der Waals surface area (Å²) in [5.74, 6) is 0. The highest BCUT2D eigenvalue weighted by atomic mass is 14.7. The predicted molar refractivity (Wildman–Crippen MR) is 84.8 cm³/mol. The van der Waals surface area contributed by atoms with Crippen molar-refractivity contribution in [3.05, 3.63) is 28.6 Å². The van der Waals surface area contributed by atoms with Crippen LogP contribution in [0.1, 0.15) is 81.8 Å². The SMILES string of the molecule is CCCCc1cc(C#N)c(CCCC)c(CCCC)n1. The molecule has 1 rings (SSSR count). The molecule has 1 aromatic rings. The van der Waals surface area contributed by atoms with Crippen LogP contribution in [-0.4, -0.2) is 4.98 Å². The van der Waals surface area contributed by atoms with Crippen molar-refractivity contribution < 1.29 is 0 Å². The molecule has 1 heterocycles. The van der Waals surface area contributed by atoms with Gasteiger partial charge in [-0.1, -0.05) is 40.0 Å². The van der Waals surface area contributed by atoms with Crippen molar-refractivity contribution in [3.8, 4) is 6.07 Å². The van der Waals surface area contributed by atoms with E-state index >= 15 is 0 Å². The lowest BCUT2D eigenvalue weighted by molar-refractivity contribution is 0.720. The molecule has 0 unspecified atom stereocenters. The van der Waals surface area contributed by atoms with Gasteiger partial charge in [0.25, 0.3) is 0 Å². The van der Waals surface area contributed by atoms with Crippen molar-refractivity contribution in [1.82, 2.24) is 4.98 Å². The highest BCUT2D eigenvalue weighted by Crippen LogP contribution is 2.20. The molecule has 1 aromatic heterocycles. The number of aromatic nitrogens is 1. The minimum atomic E-state index is 0.866. The summed E-state index contributed by atoms with van der Waals surface area (Å²) in [6.45, 7) is 6.59. The zero-order valence-corrected chi connectivity index (χ0v) is 13.3. The van der Waals surface area contributed by atoms with Gasteiger partial charge in [0.05, 0.1) is 11.6 Å². The molecule has 0 aromatic carbocycles. The van der Waals surface area contributed by atoms with E-state index in [0.717, 1.165) is 56.2 Å². The third kappa shape index (κ3) is 4.96. The third-order valence-electron chi connectivity index (χ3n) is 3.72. The van der Waals surface area contributed by atoms with Crippen molar-refractivity contribution in [2.75, 3.05) is 0 Å². The number of rotatable bonds is 9. The van der Waals surface area contributed by atoms with Crippen LogP contribution in [0.2, 0.25) is 0 Å². The molecule has 0 N–H and O–H groups in total. The number of aryl methyl sites for hydroxylation is 2. The van der Waals surface area contributed by atoms with Gasteiger partial charge in [-0.3, -0.25) is 4.98 Å². The van der Waals surface area contributed by atoms with Gasteiger partial charge in [0.1, 0.15) is 0 Å². The maximum Gasteiger partial charge on any atom is 0.0995 e. The maximum absolute atomic E-state index is 9.44. The Hall–Kier alpha value is -1.36. The maximum atomic E-state index is 9.44. The first-order valence-corrected chi connectivity index (χ1v) is 8.18. The van der Waals surface area contributed by atoms with Gasteiger partial charge >= 0.3 is 0 Å². The topological polar surface area (TPSA) is 36.7 Å². The summed E-state index contributed by atoms with van der Waals surface area (Å²) in [6.07, 6.45) is 9.98. The van der Waals surface area contributed by atoms with Gasteiger partial charge < -0.3 is 0 Å². The van der Waals surface area contributed by atoms with Crippen LogP contribution in [-0.2, 0) is 19.3 Å². The van der Waals surface area contributed by atoms with Crippen LogP contribution in [0.15, 0.2) is 6.07 Å². The van der Waals surface area contributed by atoms with E-state index in [1.165, 1.54) is 24.1 Å². The van der Waals surface area contributed by atoms with Crippen molar-refractivity contribution >= 4 is 0 Å². The van der Waals surface area contributed by atoms with Crippen LogP contribution in [0.5, 0.6) is 0 Å². The molecule has 0 saturated carbocycles. The normalized spacial score (nSPS) is 10.5. The van der Waals surface area contributed by atoms with Gasteiger partial charge in [0.2, 0.25) is 0 Å². The molecule has 0 spiro atoms. The number of nitrogens with zero attached hydrogens (tertiary/aromatic N) is 2. The molecular weight excluding hydrogens is 244 g/mol. The Balaban J connectivity index is 3.07. The number of unbranched alkanes of at least 4 members (excludes halogenated alkanes) is 3. The molecule has 20 heavy (non-hydrogen) atoms. The number of hydrogen-bond acceptors (Lipinski definition) is 2. The fraction of sp³-hybridized carbons (Fsp3) is 0.667. The Morgan fingerprint density at radius 2 is 1.55 bits per heavy atom. The van der Waals surface area contributed by atoms with Crippen LogP contribution in [0.3, 0.4) is 0 Å². The second kappa shape index (κ2) is 9.53. The zero-order valence-electron chi connectivity index (χ0n) is 13.3. The largest absolute Gasteiger partial charge is 0.258 e. The minimum absolute atomic E-state index is 0.866. The van der Waals surface area contributed by atoms with Gasteiger partial charge in [0, 0.05) is 11.4 Å². The minimum Gasteiger partial charge on any atom is -0.258 e. The van der Waals surface area contributed by atoms with E-state index in [4.69, 9.17) is 4.98 Å². The summed E-state index contributed by atoms with van der Waals surface area (Å²) >= 11 is 0. The van der Waals surface area contributed by atoms with E-state index in [0.29, 0.717) is 0 Å². The van der Waals surface area contributed by atoms with Crippen LogP contribution in [0, 0.1) is 11.3 Å². The highest BCUT2D eigenvalue weighted by molar-refractivity contribution is 5.42. The molecule has 2 heteroatoms. The first-order valence-electron chi connectivity index (χ1n) is 8.18. The van der Waals surface area contributed by atoms with Gasteiger partial charge in [0.15, 0.2) is 0 Å². The zero-order chi connectivity index (χ0) is 14.8. The molecule has 0 aliphatic carbocycles. The molecule has 0 bridgehead atoms. The Kier molecular flexibility index (Phi) is 7.95. The standard InChI is InChI=1S/C18H28N2/c1-4-7-10-16-13-15(14-19)17(11-8-5-2)18(20-16)12-9-6-3/h13H,4-12H2,1-3H3. The summed E-state index contributed by atoms with van der Waals surface area (Å²) in [7, 11) is 0. The fourth-order valence-corrected chi connectivity index (χ4v) is 2.45. The first kappa shape index (κ1) is 16.7. The van der Waals surface area contributed by atoms with Crippen molar-refractivity contribution in [1.29, 1.82) is 5.26 Å². The fourth-order valence-electron chi connectivity index (χ4n) is 2.45. The van der Waals surface area contributed by atoms with E-state index in [9.17, 15) is 5.26 Å². The molecule has 110 valence electrons. The van der Waals surface area contributed by atoms with Crippen LogP contribution in [0.4, 0.5) is 0 Å². The van der Waals surface area contributed by atoms with Gasteiger partial charge in [-0.15, -0.1) is 0 Å². The Labute approximate surface area is 124 Å². The summed E-state index contributed by atoms with van der Waals surface area (Å²) in [5.41, 5.74) is 4.37. The highest BCUT2D eigenvalue weighted by Gasteiger charge is 2.12. The summed E-state index contributed by atoms with van der Waals surface area (Å²) in [5, 5.41) is 9.44. The Morgan fingerprint density at radius 3 is 2.15 bits per heavy atom. The van der Waals surface area contributed by atoms with Crippen LogP contribution < -0.4 is 0 Å². The smallest absolute Gasteiger partial charge is 0.0995 e. The Morgan fingerprint density at radius 1 is 0.950 bits per heavy atom.